The van der Waals surface area contributed by atoms with Gasteiger partial charge in [-0.2, -0.15) is 5.26 Å². The predicted molar refractivity (Wildman–Crippen MR) is 131 cm³/mol. The van der Waals surface area contributed by atoms with Crippen LogP contribution in [0.25, 0.3) is 0 Å². The van der Waals surface area contributed by atoms with Crippen LogP contribution in [0.3, 0.4) is 0 Å². The molecule has 0 radical (unpaired) electrons. The van der Waals surface area contributed by atoms with E-state index in [9.17, 15) is 24.4 Å². The maximum atomic E-state index is 13.9. The Kier molecular flexibility index (Phi) is 7.53. The summed E-state index contributed by atoms with van der Waals surface area (Å²) in [6.07, 6.45) is 0.585. The highest BCUT2D eigenvalue weighted by Gasteiger charge is 2.56. The zero-order valence-corrected chi connectivity index (χ0v) is 21.3. The number of amides is 4. The third-order valence-electron chi connectivity index (χ3n) is 6.96. The number of anilines is 1. The molecule has 0 unspecified atom stereocenters. The summed E-state index contributed by atoms with van der Waals surface area (Å²) in [7, 11) is 1.55. The average Bonchev–Trinajstić information content (AvgIpc) is 3.34. The van der Waals surface area contributed by atoms with Crippen molar-refractivity contribution in [3.8, 4) is 6.07 Å². The molecule has 1 spiro atoms. The fourth-order valence-electron chi connectivity index (χ4n) is 4.95. The molecule has 0 saturated carbocycles. The molecule has 1 fully saturated rings. The molecule has 0 aliphatic carbocycles. The lowest BCUT2D eigenvalue weighted by Gasteiger charge is -2.34. The van der Waals surface area contributed by atoms with Crippen LogP contribution in [0.2, 0.25) is 0 Å². The quantitative estimate of drug-likeness (QED) is 0.617. The Morgan fingerprint density at radius 2 is 1.89 bits per heavy atom. The molecule has 1 aromatic carbocycles. The number of likely N-dealkylation sites (tertiary alicyclic amines) is 1. The first-order chi connectivity index (χ1) is 16.4. The summed E-state index contributed by atoms with van der Waals surface area (Å²) in [6, 6.07) is 7.11. The van der Waals surface area contributed by atoms with Gasteiger partial charge < -0.3 is 20.4 Å². The summed E-state index contributed by atoms with van der Waals surface area (Å²) in [5, 5.41) is 15.5. The summed E-state index contributed by atoms with van der Waals surface area (Å²) in [5.41, 5.74) is 0.496. The number of para-hydroxylation sites is 1. The van der Waals surface area contributed by atoms with Gasteiger partial charge in [0, 0.05) is 31.6 Å². The zero-order chi connectivity index (χ0) is 26.1. The van der Waals surface area contributed by atoms with Crippen molar-refractivity contribution >= 4 is 29.3 Å². The van der Waals surface area contributed by atoms with Crippen molar-refractivity contribution < 1.29 is 19.2 Å². The number of carbonyl (C=O) groups is 4. The van der Waals surface area contributed by atoms with Gasteiger partial charge in [-0.1, -0.05) is 45.9 Å². The summed E-state index contributed by atoms with van der Waals surface area (Å²) >= 11 is 0. The minimum Gasteiger partial charge on any atom is -0.344 e. The number of fused-ring (bicyclic) bond motifs is 2. The van der Waals surface area contributed by atoms with Gasteiger partial charge in [0.25, 0.3) is 0 Å². The molecule has 1 saturated heterocycles. The van der Waals surface area contributed by atoms with E-state index in [1.807, 2.05) is 38.1 Å². The zero-order valence-electron chi connectivity index (χ0n) is 21.3. The highest BCUT2D eigenvalue weighted by molar-refractivity contribution is 6.07. The lowest BCUT2D eigenvalue weighted by Crippen LogP contribution is -2.55. The fourth-order valence-corrected chi connectivity index (χ4v) is 4.95. The first-order valence-corrected chi connectivity index (χ1v) is 12.1. The highest BCUT2D eigenvalue weighted by atomic mass is 16.2. The van der Waals surface area contributed by atoms with Crippen LogP contribution in [0, 0.1) is 23.2 Å². The van der Waals surface area contributed by atoms with Gasteiger partial charge >= 0.3 is 0 Å². The molecule has 35 heavy (non-hydrogen) atoms. The van der Waals surface area contributed by atoms with Crippen molar-refractivity contribution in [3.05, 3.63) is 29.8 Å². The normalized spacial score (nSPS) is 22.5. The minimum atomic E-state index is -0.990. The number of rotatable bonds is 7. The number of likely N-dealkylation sites (N-methyl/N-ethyl adjacent to an activating group) is 1. The van der Waals surface area contributed by atoms with Gasteiger partial charge in [-0.05, 0) is 30.9 Å². The maximum Gasteiger partial charge on any atom is 0.246 e. The van der Waals surface area contributed by atoms with Crippen LogP contribution in [0.1, 0.15) is 53.0 Å². The number of nitrogens with zero attached hydrogens (tertiary/aromatic N) is 3. The van der Waals surface area contributed by atoms with Crippen molar-refractivity contribution in [1.82, 2.24) is 15.1 Å². The topological polar surface area (TPSA) is 123 Å². The van der Waals surface area contributed by atoms with Crippen molar-refractivity contribution in [2.45, 2.75) is 71.0 Å². The van der Waals surface area contributed by atoms with E-state index in [-0.39, 0.29) is 48.4 Å². The molecule has 188 valence electrons. The Morgan fingerprint density at radius 3 is 2.49 bits per heavy atom. The third kappa shape index (κ3) is 4.88. The molecule has 9 heteroatoms. The van der Waals surface area contributed by atoms with E-state index in [2.05, 4.69) is 16.7 Å². The predicted octanol–water partition coefficient (Wildman–Crippen LogP) is 2.03. The smallest absolute Gasteiger partial charge is 0.246 e. The molecule has 2 aliphatic rings. The van der Waals surface area contributed by atoms with E-state index in [0.717, 1.165) is 5.56 Å². The van der Waals surface area contributed by atoms with Gasteiger partial charge in [0.2, 0.25) is 23.6 Å². The maximum absolute atomic E-state index is 13.9. The van der Waals surface area contributed by atoms with E-state index in [4.69, 9.17) is 0 Å². The van der Waals surface area contributed by atoms with Crippen LogP contribution in [-0.2, 0) is 24.6 Å². The molecule has 0 aromatic heterocycles. The van der Waals surface area contributed by atoms with Crippen LogP contribution in [0.4, 0.5) is 5.69 Å². The van der Waals surface area contributed by atoms with Crippen molar-refractivity contribution in [3.63, 3.8) is 0 Å². The van der Waals surface area contributed by atoms with Crippen LogP contribution in [0.5, 0.6) is 0 Å². The molecular weight excluding hydrogens is 446 g/mol. The van der Waals surface area contributed by atoms with E-state index >= 15 is 0 Å². The van der Waals surface area contributed by atoms with E-state index in [1.165, 1.54) is 9.80 Å². The highest BCUT2D eigenvalue weighted by Crippen LogP contribution is 2.46. The fraction of sp³-hybridized carbons (Fsp3) is 0.577. The Morgan fingerprint density at radius 1 is 1.23 bits per heavy atom. The summed E-state index contributed by atoms with van der Waals surface area (Å²) in [4.78, 5) is 55.0. The molecule has 1 aromatic rings. The number of nitrogens with one attached hydrogen (secondary N) is 2. The van der Waals surface area contributed by atoms with Crippen LogP contribution >= 0.6 is 0 Å². The molecule has 4 amide bonds. The number of benzene rings is 1. The third-order valence-corrected chi connectivity index (χ3v) is 6.96. The summed E-state index contributed by atoms with van der Waals surface area (Å²) in [6.45, 7) is 9.06. The molecule has 0 bridgehead atoms. The minimum absolute atomic E-state index is 0.0726. The summed E-state index contributed by atoms with van der Waals surface area (Å²) < 4.78 is 0. The first-order valence-electron chi connectivity index (χ1n) is 12.1. The number of hydrogen-bond donors (Lipinski definition) is 2. The second kappa shape index (κ2) is 10.1. The van der Waals surface area contributed by atoms with Gasteiger partial charge in [0.15, 0.2) is 0 Å². The summed E-state index contributed by atoms with van der Waals surface area (Å²) in [5.74, 6) is -1.40. The second-order valence-corrected chi connectivity index (χ2v) is 10.4. The van der Waals surface area contributed by atoms with Crippen molar-refractivity contribution in [2.75, 3.05) is 18.9 Å². The molecular formula is C26H35N5O4. The molecule has 2 aliphatic heterocycles. The van der Waals surface area contributed by atoms with Gasteiger partial charge in [0.05, 0.1) is 11.5 Å². The van der Waals surface area contributed by atoms with E-state index in [0.29, 0.717) is 12.1 Å². The van der Waals surface area contributed by atoms with Crippen LogP contribution in [-0.4, -0.2) is 65.1 Å². The van der Waals surface area contributed by atoms with E-state index < -0.39 is 23.5 Å². The van der Waals surface area contributed by atoms with Gasteiger partial charge in [0.1, 0.15) is 18.1 Å². The van der Waals surface area contributed by atoms with Gasteiger partial charge in [-0.15, -0.1) is 0 Å². The lowest BCUT2D eigenvalue weighted by molar-refractivity contribution is -0.147. The molecule has 2 N–H and O–H groups in total. The standard InChI is InChI=1S/C26H35N5O4/c1-15(2)11-21(30(6)23(33)17(5)28-22(32)16(3)4)24(34)31-14-26(12-18(31)13-27)19-9-7-8-10-20(19)29-25(26)35/h7-10,15-18,21H,11-12,14H2,1-6H3,(H,28,32)(H,29,35)/t17-,18-,21-,26-/m0/s1. The SMILES string of the molecule is CC(C)C[C@@H](C(=O)N1C[C@]2(C[C@H]1C#N)C(=O)Nc1ccccc12)N(C)C(=O)[C@H](C)NC(=O)C(C)C. The second-order valence-electron chi connectivity index (χ2n) is 10.4. The molecule has 4 atom stereocenters. The Balaban J connectivity index is 1.88. The molecule has 3 rings (SSSR count). The Hall–Kier alpha value is -3.41. The van der Waals surface area contributed by atoms with Crippen LogP contribution < -0.4 is 10.6 Å². The first kappa shape index (κ1) is 26.2. The van der Waals surface area contributed by atoms with Crippen molar-refractivity contribution in [2.24, 2.45) is 11.8 Å². The number of carbonyl (C=O) groups excluding carboxylic acids is 4. The van der Waals surface area contributed by atoms with Gasteiger partial charge in [-0.25, -0.2) is 0 Å². The van der Waals surface area contributed by atoms with E-state index in [1.54, 1.807) is 27.8 Å². The molecule has 2 heterocycles. The monoisotopic (exact) mass is 481 g/mol. The van der Waals surface area contributed by atoms with Crippen LogP contribution in [0.15, 0.2) is 24.3 Å². The van der Waals surface area contributed by atoms with Crippen molar-refractivity contribution in [1.29, 1.82) is 5.26 Å². The average molecular weight is 482 g/mol. The number of nitriles is 1. The Labute approximate surface area is 206 Å². The van der Waals surface area contributed by atoms with Gasteiger partial charge in [-0.3, -0.25) is 19.2 Å². The number of hydrogen-bond acceptors (Lipinski definition) is 5. The largest absolute Gasteiger partial charge is 0.344 e. The lowest BCUT2D eigenvalue weighted by atomic mass is 9.80. The molecule has 9 nitrogen and oxygen atoms in total. The Bertz CT molecular complexity index is 1060.